The maximum Gasteiger partial charge on any atom is 0.132 e. The van der Waals surface area contributed by atoms with Gasteiger partial charge in [0.1, 0.15) is 5.54 Å². The molecule has 16 heavy (non-hydrogen) atoms. The van der Waals surface area contributed by atoms with Crippen LogP contribution < -0.4 is 5.32 Å². The molecule has 1 aliphatic rings. The van der Waals surface area contributed by atoms with Gasteiger partial charge in [0.15, 0.2) is 0 Å². The quantitative estimate of drug-likeness (QED) is 0.634. The summed E-state index contributed by atoms with van der Waals surface area (Å²) < 4.78 is 10.9. The summed E-state index contributed by atoms with van der Waals surface area (Å²) in [6, 6.07) is 2.35. The fourth-order valence-electron chi connectivity index (χ4n) is 1.73. The molecule has 0 aromatic heterocycles. The van der Waals surface area contributed by atoms with Crippen LogP contribution in [0.2, 0.25) is 0 Å². The summed E-state index contributed by atoms with van der Waals surface area (Å²) in [7, 11) is 1.83. The Hall–Kier alpha value is -0.630. The summed E-state index contributed by atoms with van der Waals surface area (Å²) in [5.41, 5.74) is -0.488. The van der Waals surface area contributed by atoms with E-state index in [0.717, 1.165) is 12.8 Å². The highest BCUT2D eigenvalue weighted by Gasteiger charge is 2.44. The van der Waals surface area contributed by atoms with E-state index in [2.05, 4.69) is 11.4 Å². The van der Waals surface area contributed by atoms with Crippen LogP contribution in [0.4, 0.5) is 0 Å². The van der Waals surface area contributed by atoms with Crippen LogP contribution in [0.15, 0.2) is 0 Å². The normalized spacial score (nSPS) is 19.4. The van der Waals surface area contributed by atoms with Gasteiger partial charge < -0.3 is 14.8 Å². The Labute approximate surface area is 97.9 Å². The van der Waals surface area contributed by atoms with E-state index >= 15 is 0 Å². The molecule has 0 bridgehead atoms. The molecule has 1 atom stereocenters. The molecule has 0 heterocycles. The van der Waals surface area contributed by atoms with Crippen LogP contribution in [0.1, 0.15) is 26.7 Å². The van der Waals surface area contributed by atoms with Gasteiger partial charge in [-0.3, -0.25) is 0 Å². The average Bonchev–Trinajstić information content (AvgIpc) is 3.08. The van der Waals surface area contributed by atoms with Crippen molar-refractivity contribution in [2.45, 2.75) is 38.3 Å². The summed E-state index contributed by atoms with van der Waals surface area (Å²) in [6.07, 6.45) is 2.48. The summed E-state index contributed by atoms with van der Waals surface area (Å²) in [5.74, 6) is 0.452. The van der Waals surface area contributed by atoms with E-state index in [1.807, 2.05) is 20.9 Å². The standard InChI is InChI=1S/C12H22N2O2/c1-10(2)16-7-6-15-9-12(8-13,14-3)11-4-5-11/h10-11,14H,4-7,9H2,1-3H3. The first-order valence-corrected chi connectivity index (χ1v) is 5.94. The maximum absolute atomic E-state index is 9.21. The van der Waals surface area contributed by atoms with Crippen LogP contribution in [0.3, 0.4) is 0 Å². The molecular weight excluding hydrogens is 204 g/mol. The van der Waals surface area contributed by atoms with Crippen molar-refractivity contribution < 1.29 is 9.47 Å². The minimum absolute atomic E-state index is 0.233. The number of likely N-dealkylation sites (N-methyl/N-ethyl adjacent to an activating group) is 1. The lowest BCUT2D eigenvalue weighted by molar-refractivity contribution is 0.00552. The van der Waals surface area contributed by atoms with Crippen molar-refractivity contribution in [3.63, 3.8) is 0 Å². The lowest BCUT2D eigenvalue weighted by atomic mass is 9.97. The van der Waals surface area contributed by atoms with Crippen LogP contribution in [-0.2, 0) is 9.47 Å². The Morgan fingerprint density at radius 3 is 2.56 bits per heavy atom. The van der Waals surface area contributed by atoms with Crippen molar-refractivity contribution in [2.24, 2.45) is 5.92 Å². The fraction of sp³-hybridized carbons (Fsp3) is 0.917. The molecule has 0 spiro atoms. The van der Waals surface area contributed by atoms with Crippen molar-refractivity contribution in [1.29, 1.82) is 5.26 Å². The zero-order valence-corrected chi connectivity index (χ0v) is 10.5. The summed E-state index contributed by atoms with van der Waals surface area (Å²) in [5, 5.41) is 12.3. The summed E-state index contributed by atoms with van der Waals surface area (Å²) in [4.78, 5) is 0. The number of hydrogen-bond acceptors (Lipinski definition) is 4. The molecule has 1 aliphatic carbocycles. The smallest absolute Gasteiger partial charge is 0.132 e. The number of nitriles is 1. The molecule has 1 N–H and O–H groups in total. The van der Waals surface area contributed by atoms with E-state index in [1.165, 1.54) is 0 Å². The molecule has 0 aromatic rings. The van der Waals surface area contributed by atoms with Crippen LogP contribution in [0.25, 0.3) is 0 Å². The lowest BCUT2D eigenvalue weighted by Crippen LogP contribution is -2.48. The molecule has 4 nitrogen and oxygen atoms in total. The number of rotatable bonds is 8. The van der Waals surface area contributed by atoms with Gasteiger partial charge in [-0.25, -0.2) is 0 Å². The predicted octanol–water partition coefficient (Wildman–Crippen LogP) is 1.32. The monoisotopic (exact) mass is 226 g/mol. The van der Waals surface area contributed by atoms with E-state index < -0.39 is 5.54 Å². The zero-order chi connectivity index (χ0) is 12.0. The van der Waals surface area contributed by atoms with Gasteiger partial charge in [0.05, 0.1) is 32.0 Å². The Kier molecular flexibility index (Phi) is 5.20. The third-order valence-electron chi connectivity index (χ3n) is 2.93. The van der Waals surface area contributed by atoms with Gasteiger partial charge in [-0.05, 0) is 39.7 Å². The summed E-state index contributed by atoms with van der Waals surface area (Å²) in [6.45, 7) is 5.59. The number of nitrogens with zero attached hydrogens (tertiary/aromatic N) is 1. The van der Waals surface area contributed by atoms with Gasteiger partial charge in [-0.1, -0.05) is 0 Å². The third kappa shape index (κ3) is 3.75. The number of hydrogen-bond donors (Lipinski definition) is 1. The maximum atomic E-state index is 9.21. The van der Waals surface area contributed by atoms with Crippen molar-refractivity contribution in [1.82, 2.24) is 5.32 Å². The second-order valence-electron chi connectivity index (χ2n) is 4.58. The Morgan fingerprint density at radius 1 is 1.44 bits per heavy atom. The van der Waals surface area contributed by atoms with Gasteiger partial charge in [-0.2, -0.15) is 5.26 Å². The second-order valence-corrected chi connectivity index (χ2v) is 4.58. The highest BCUT2D eigenvalue weighted by molar-refractivity contribution is 5.14. The van der Waals surface area contributed by atoms with Gasteiger partial charge in [0.25, 0.3) is 0 Å². The lowest BCUT2D eigenvalue weighted by Gasteiger charge is -2.25. The van der Waals surface area contributed by atoms with Crippen LogP contribution in [0.5, 0.6) is 0 Å². The first-order valence-electron chi connectivity index (χ1n) is 5.94. The van der Waals surface area contributed by atoms with Gasteiger partial charge in [0.2, 0.25) is 0 Å². The SMILES string of the molecule is CNC(C#N)(COCCOC(C)C)C1CC1. The zero-order valence-electron chi connectivity index (χ0n) is 10.5. The molecular formula is C12H22N2O2. The minimum Gasteiger partial charge on any atom is -0.376 e. The fourth-order valence-corrected chi connectivity index (χ4v) is 1.73. The van der Waals surface area contributed by atoms with E-state index in [0.29, 0.717) is 25.7 Å². The molecule has 0 amide bonds. The molecule has 0 aliphatic heterocycles. The molecule has 1 rings (SSSR count). The van der Waals surface area contributed by atoms with Gasteiger partial charge in [-0.15, -0.1) is 0 Å². The van der Waals surface area contributed by atoms with E-state index in [9.17, 15) is 5.26 Å². The second kappa shape index (κ2) is 6.19. The number of nitrogens with one attached hydrogen (secondary N) is 1. The highest BCUT2D eigenvalue weighted by Crippen LogP contribution is 2.39. The van der Waals surface area contributed by atoms with E-state index in [-0.39, 0.29) is 6.10 Å². The van der Waals surface area contributed by atoms with Gasteiger partial charge in [0, 0.05) is 0 Å². The van der Waals surface area contributed by atoms with E-state index in [4.69, 9.17) is 9.47 Å². The molecule has 1 fully saturated rings. The predicted molar refractivity (Wildman–Crippen MR) is 62.0 cm³/mol. The topological polar surface area (TPSA) is 54.3 Å². The number of ether oxygens (including phenoxy) is 2. The average molecular weight is 226 g/mol. The molecule has 0 saturated heterocycles. The largest absolute Gasteiger partial charge is 0.376 e. The van der Waals surface area contributed by atoms with Crippen LogP contribution in [0, 0.1) is 17.2 Å². The Morgan fingerprint density at radius 2 is 2.12 bits per heavy atom. The van der Waals surface area contributed by atoms with Crippen molar-refractivity contribution >= 4 is 0 Å². The van der Waals surface area contributed by atoms with Crippen molar-refractivity contribution in [2.75, 3.05) is 26.9 Å². The molecule has 92 valence electrons. The van der Waals surface area contributed by atoms with E-state index in [1.54, 1.807) is 0 Å². The first kappa shape index (κ1) is 13.4. The molecule has 1 saturated carbocycles. The highest BCUT2D eigenvalue weighted by atomic mass is 16.5. The first-order chi connectivity index (χ1) is 7.64. The minimum atomic E-state index is -0.488. The summed E-state index contributed by atoms with van der Waals surface area (Å²) >= 11 is 0. The molecule has 0 radical (unpaired) electrons. The Balaban J connectivity index is 2.21. The molecule has 0 aromatic carbocycles. The van der Waals surface area contributed by atoms with Crippen molar-refractivity contribution in [3.05, 3.63) is 0 Å². The van der Waals surface area contributed by atoms with Crippen LogP contribution in [-0.4, -0.2) is 38.5 Å². The van der Waals surface area contributed by atoms with Crippen molar-refractivity contribution in [3.8, 4) is 6.07 Å². The van der Waals surface area contributed by atoms with Gasteiger partial charge >= 0.3 is 0 Å². The van der Waals surface area contributed by atoms with Crippen LogP contribution >= 0.6 is 0 Å². The molecule has 4 heteroatoms. The third-order valence-corrected chi connectivity index (χ3v) is 2.93. The Bertz CT molecular complexity index is 246. The molecule has 1 unspecified atom stereocenters.